The molecular weight excluding hydrogens is 193 g/mol. The molecule has 0 unspecified atom stereocenters. The summed E-state index contributed by atoms with van der Waals surface area (Å²) in [6.07, 6.45) is 0.713. The lowest BCUT2D eigenvalue weighted by atomic mass is 10.1. The lowest BCUT2D eigenvalue weighted by Gasteiger charge is -2.09. The predicted molar refractivity (Wildman–Crippen MR) is 54.0 cm³/mol. The van der Waals surface area contributed by atoms with Gasteiger partial charge in [0.05, 0.1) is 12.8 Å². The van der Waals surface area contributed by atoms with E-state index in [1.54, 1.807) is 0 Å². The van der Waals surface area contributed by atoms with E-state index in [4.69, 9.17) is 10.5 Å². The number of anilines is 1. The molecule has 13 heavy (non-hydrogen) atoms. The summed E-state index contributed by atoms with van der Waals surface area (Å²) in [6.45, 7) is 1.93. The fourth-order valence-electron chi connectivity index (χ4n) is 1.18. The molecule has 1 rings (SSSR count). The third-order valence-electron chi connectivity index (χ3n) is 1.74. The Bertz CT molecular complexity index is 291. The van der Waals surface area contributed by atoms with Crippen LogP contribution in [0.25, 0.3) is 0 Å². The summed E-state index contributed by atoms with van der Waals surface area (Å²) in [6, 6.07) is 2.70. The van der Waals surface area contributed by atoms with Gasteiger partial charge in [0.25, 0.3) is 0 Å². The molecule has 1 aromatic carbocycles. The lowest BCUT2D eigenvalue weighted by molar-refractivity contribution is 0.411. The Morgan fingerprint density at radius 3 is 2.54 bits per heavy atom. The van der Waals surface area contributed by atoms with Crippen LogP contribution < -0.4 is 10.5 Å². The quantitative estimate of drug-likeness (QED) is 0.753. The largest absolute Gasteiger partial charge is 0.494 e. The topological polar surface area (TPSA) is 35.2 Å². The zero-order chi connectivity index (χ0) is 9.14. The predicted octanol–water partition coefficient (Wildman–Crippen LogP) is 2.40. The van der Waals surface area contributed by atoms with Gasteiger partial charge in [0, 0.05) is 6.07 Å². The van der Waals surface area contributed by atoms with Crippen LogP contribution in [-0.2, 0) is 6.42 Å². The number of ether oxygens (including phenoxy) is 1. The Hall–Kier alpha value is -0.960. The Kier molecular flexibility index (Phi) is 4.56. The van der Waals surface area contributed by atoms with Crippen molar-refractivity contribution in [3.05, 3.63) is 23.5 Å². The summed E-state index contributed by atoms with van der Waals surface area (Å²) < 4.78 is 17.8. The Labute approximate surface area is 83.3 Å². The SMILES string of the molecule is CCc1cc(F)cc(N)c1OC.Cl. The molecular formula is C9H13ClFNO. The summed E-state index contributed by atoms with van der Waals surface area (Å²) >= 11 is 0. The Morgan fingerprint density at radius 1 is 1.46 bits per heavy atom. The minimum absolute atomic E-state index is 0. The molecule has 2 N–H and O–H groups in total. The third kappa shape index (κ3) is 2.49. The zero-order valence-corrected chi connectivity index (χ0v) is 8.45. The molecule has 0 aromatic heterocycles. The van der Waals surface area contributed by atoms with Crippen molar-refractivity contribution in [1.29, 1.82) is 0 Å². The lowest BCUT2D eigenvalue weighted by Crippen LogP contribution is -1.97. The van der Waals surface area contributed by atoms with Crippen molar-refractivity contribution in [3.8, 4) is 5.75 Å². The Balaban J connectivity index is 0.00000144. The normalized spacial score (nSPS) is 9.15. The summed E-state index contributed by atoms with van der Waals surface area (Å²) in [5.41, 5.74) is 6.70. The van der Waals surface area contributed by atoms with E-state index in [0.29, 0.717) is 17.9 Å². The number of methoxy groups -OCH3 is 1. The number of halogens is 2. The average Bonchev–Trinajstić information content (AvgIpc) is 2.03. The molecule has 0 aliphatic rings. The van der Waals surface area contributed by atoms with Crippen molar-refractivity contribution < 1.29 is 9.13 Å². The summed E-state index contributed by atoms with van der Waals surface area (Å²) in [5.74, 6) is 0.268. The van der Waals surface area contributed by atoms with Crippen molar-refractivity contribution in [2.75, 3.05) is 12.8 Å². The highest BCUT2D eigenvalue weighted by molar-refractivity contribution is 5.85. The monoisotopic (exact) mass is 205 g/mol. The first kappa shape index (κ1) is 12.0. The molecule has 4 heteroatoms. The van der Waals surface area contributed by atoms with E-state index in [1.807, 2.05) is 6.92 Å². The maximum Gasteiger partial charge on any atom is 0.145 e. The molecule has 0 saturated carbocycles. The fourth-order valence-corrected chi connectivity index (χ4v) is 1.18. The maximum atomic E-state index is 12.8. The molecule has 0 aliphatic heterocycles. The smallest absolute Gasteiger partial charge is 0.145 e. The van der Waals surface area contributed by atoms with Crippen LogP contribution in [0.1, 0.15) is 12.5 Å². The molecule has 0 saturated heterocycles. The number of rotatable bonds is 2. The molecule has 0 heterocycles. The molecule has 1 aromatic rings. The van der Waals surface area contributed by atoms with Crippen LogP contribution in [0.3, 0.4) is 0 Å². The summed E-state index contributed by atoms with van der Waals surface area (Å²) in [4.78, 5) is 0. The minimum atomic E-state index is -0.315. The second kappa shape index (κ2) is 4.92. The number of nitrogens with two attached hydrogens (primary N) is 1. The van der Waals surface area contributed by atoms with Crippen molar-refractivity contribution in [2.45, 2.75) is 13.3 Å². The average molecular weight is 206 g/mol. The second-order valence-corrected chi connectivity index (χ2v) is 2.54. The van der Waals surface area contributed by atoms with Gasteiger partial charge in [0.1, 0.15) is 11.6 Å². The molecule has 0 atom stereocenters. The van der Waals surface area contributed by atoms with Gasteiger partial charge >= 0.3 is 0 Å². The van der Waals surface area contributed by atoms with Crippen LogP contribution in [0.2, 0.25) is 0 Å². The number of hydrogen-bond acceptors (Lipinski definition) is 2. The zero-order valence-electron chi connectivity index (χ0n) is 7.63. The van der Waals surface area contributed by atoms with Gasteiger partial charge < -0.3 is 10.5 Å². The van der Waals surface area contributed by atoms with Crippen molar-refractivity contribution >= 4 is 18.1 Å². The van der Waals surface area contributed by atoms with Crippen LogP contribution in [0.4, 0.5) is 10.1 Å². The molecule has 0 fully saturated rings. The van der Waals surface area contributed by atoms with Gasteiger partial charge in [0.15, 0.2) is 0 Å². The first-order valence-electron chi connectivity index (χ1n) is 3.81. The van der Waals surface area contributed by atoms with E-state index in [1.165, 1.54) is 19.2 Å². The number of nitrogen functional groups attached to an aromatic ring is 1. The molecule has 74 valence electrons. The van der Waals surface area contributed by atoms with Crippen molar-refractivity contribution in [2.24, 2.45) is 0 Å². The van der Waals surface area contributed by atoms with E-state index in [0.717, 1.165) is 5.56 Å². The third-order valence-corrected chi connectivity index (χ3v) is 1.74. The highest BCUT2D eigenvalue weighted by atomic mass is 35.5. The van der Waals surface area contributed by atoms with Gasteiger partial charge in [-0.3, -0.25) is 0 Å². The van der Waals surface area contributed by atoms with Crippen molar-refractivity contribution in [1.82, 2.24) is 0 Å². The van der Waals surface area contributed by atoms with Crippen LogP contribution in [0, 0.1) is 5.82 Å². The maximum absolute atomic E-state index is 12.8. The number of benzene rings is 1. The van der Waals surface area contributed by atoms with Crippen LogP contribution in [0.5, 0.6) is 5.75 Å². The number of hydrogen-bond donors (Lipinski definition) is 1. The van der Waals surface area contributed by atoms with Crippen LogP contribution in [-0.4, -0.2) is 7.11 Å². The van der Waals surface area contributed by atoms with Gasteiger partial charge in [-0.1, -0.05) is 6.92 Å². The highest BCUT2D eigenvalue weighted by Gasteiger charge is 2.07. The van der Waals surface area contributed by atoms with Crippen LogP contribution in [0.15, 0.2) is 12.1 Å². The summed E-state index contributed by atoms with van der Waals surface area (Å²) in [7, 11) is 1.53. The van der Waals surface area contributed by atoms with Gasteiger partial charge in [-0.25, -0.2) is 4.39 Å². The van der Waals surface area contributed by atoms with E-state index >= 15 is 0 Å². The van der Waals surface area contributed by atoms with Gasteiger partial charge in [0.2, 0.25) is 0 Å². The molecule has 0 bridgehead atoms. The van der Waals surface area contributed by atoms with E-state index in [-0.39, 0.29) is 18.2 Å². The molecule has 0 spiro atoms. The van der Waals surface area contributed by atoms with Gasteiger partial charge in [-0.15, -0.1) is 12.4 Å². The molecule has 2 nitrogen and oxygen atoms in total. The number of aryl methyl sites for hydroxylation is 1. The van der Waals surface area contributed by atoms with Crippen molar-refractivity contribution in [3.63, 3.8) is 0 Å². The van der Waals surface area contributed by atoms with Crippen LogP contribution >= 0.6 is 12.4 Å². The molecule has 0 aliphatic carbocycles. The van der Waals surface area contributed by atoms with Gasteiger partial charge in [-0.05, 0) is 18.1 Å². The standard InChI is InChI=1S/C9H12FNO.ClH/c1-3-6-4-7(10)5-8(11)9(6)12-2;/h4-5H,3,11H2,1-2H3;1H. The highest BCUT2D eigenvalue weighted by Crippen LogP contribution is 2.27. The minimum Gasteiger partial charge on any atom is -0.494 e. The molecule has 0 amide bonds. The van der Waals surface area contributed by atoms with Gasteiger partial charge in [-0.2, -0.15) is 0 Å². The first-order chi connectivity index (χ1) is 5.69. The van der Waals surface area contributed by atoms with E-state index < -0.39 is 0 Å². The summed E-state index contributed by atoms with van der Waals surface area (Å²) in [5, 5.41) is 0. The fraction of sp³-hybridized carbons (Fsp3) is 0.333. The Morgan fingerprint density at radius 2 is 2.08 bits per heavy atom. The van der Waals surface area contributed by atoms with E-state index in [9.17, 15) is 4.39 Å². The second-order valence-electron chi connectivity index (χ2n) is 2.54. The van der Waals surface area contributed by atoms with E-state index in [2.05, 4.69) is 0 Å². The molecule has 0 radical (unpaired) electrons. The first-order valence-corrected chi connectivity index (χ1v) is 3.81.